The molecule has 0 saturated carbocycles. The Morgan fingerprint density at radius 2 is 2.47 bits per heavy atom. The van der Waals surface area contributed by atoms with E-state index in [4.69, 9.17) is 4.74 Å². The Morgan fingerprint density at radius 1 is 1.63 bits per heavy atom. The molecule has 102 valence electrons. The molecule has 6 nitrogen and oxygen atoms in total. The molecule has 2 aromatic heterocycles. The Labute approximate surface area is 114 Å². The zero-order chi connectivity index (χ0) is 13.4. The highest BCUT2D eigenvalue weighted by Crippen LogP contribution is 2.27. The molecule has 0 aromatic carbocycles. The van der Waals surface area contributed by atoms with Gasteiger partial charge in [0.25, 0.3) is 0 Å². The van der Waals surface area contributed by atoms with Crippen LogP contribution < -0.4 is 4.90 Å². The summed E-state index contributed by atoms with van der Waals surface area (Å²) >= 11 is 1.44. The fraction of sp³-hybridized carbons (Fsp3) is 0.500. The fourth-order valence-electron chi connectivity index (χ4n) is 2.52. The minimum absolute atomic E-state index is 0.148. The molecule has 7 heteroatoms. The van der Waals surface area contributed by atoms with Crippen molar-refractivity contribution in [2.45, 2.75) is 18.9 Å². The number of rotatable bonds is 3. The molecule has 3 heterocycles. The Morgan fingerprint density at radius 3 is 3.21 bits per heavy atom. The van der Waals surface area contributed by atoms with Gasteiger partial charge in [-0.15, -0.1) is 11.3 Å². The monoisotopic (exact) mass is 281 g/mol. The first-order chi connectivity index (χ1) is 9.20. The van der Waals surface area contributed by atoms with Gasteiger partial charge in [-0.05, 0) is 12.8 Å². The number of hydrogen-bond acceptors (Lipinski definition) is 5. The second-order valence-electron chi connectivity index (χ2n) is 4.59. The van der Waals surface area contributed by atoms with Crippen molar-refractivity contribution in [3.05, 3.63) is 17.3 Å². The quantitative estimate of drug-likeness (QED) is 0.927. The van der Waals surface area contributed by atoms with E-state index in [0.29, 0.717) is 17.3 Å². The third kappa shape index (κ3) is 2.08. The summed E-state index contributed by atoms with van der Waals surface area (Å²) in [5.41, 5.74) is 0.244. The predicted octanol–water partition coefficient (Wildman–Crippen LogP) is 1.71. The topological polar surface area (TPSA) is 67.1 Å². The molecule has 0 radical (unpaired) electrons. The molecule has 0 amide bonds. The van der Waals surface area contributed by atoms with Crippen LogP contribution in [-0.4, -0.2) is 46.8 Å². The molecular weight excluding hydrogens is 266 g/mol. The van der Waals surface area contributed by atoms with E-state index >= 15 is 0 Å². The summed E-state index contributed by atoms with van der Waals surface area (Å²) in [6, 6.07) is 0. The number of aromatic carboxylic acids is 1. The van der Waals surface area contributed by atoms with Crippen LogP contribution in [0.1, 0.15) is 23.3 Å². The zero-order valence-electron chi connectivity index (χ0n) is 10.6. The number of anilines is 1. The number of nitrogens with zero attached hydrogens (tertiary/aromatic N) is 3. The fourth-order valence-corrected chi connectivity index (χ4v) is 3.23. The van der Waals surface area contributed by atoms with Crippen LogP contribution in [0.2, 0.25) is 0 Å². The van der Waals surface area contributed by atoms with Gasteiger partial charge < -0.3 is 14.7 Å². The molecule has 0 aliphatic carbocycles. The van der Waals surface area contributed by atoms with Crippen molar-refractivity contribution in [2.75, 3.05) is 25.1 Å². The van der Waals surface area contributed by atoms with Gasteiger partial charge in [0.2, 0.25) is 0 Å². The lowest BCUT2D eigenvalue weighted by Gasteiger charge is -2.32. The molecule has 0 spiro atoms. The van der Waals surface area contributed by atoms with Gasteiger partial charge in [-0.3, -0.25) is 4.40 Å². The van der Waals surface area contributed by atoms with Gasteiger partial charge >= 0.3 is 5.97 Å². The van der Waals surface area contributed by atoms with Crippen LogP contribution in [0.4, 0.5) is 5.82 Å². The average molecular weight is 281 g/mol. The lowest BCUT2D eigenvalue weighted by atomic mass is 10.1. The normalized spacial score (nSPS) is 20.1. The Balaban J connectivity index is 2.01. The van der Waals surface area contributed by atoms with E-state index in [1.165, 1.54) is 11.3 Å². The van der Waals surface area contributed by atoms with Crippen LogP contribution in [0.15, 0.2) is 11.6 Å². The van der Waals surface area contributed by atoms with Crippen LogP contribution >= 0.6 is 11.3 Å². The summed E-state index contributed by atoms with van der Waals surface area (Å²) in [6.45, 7) is 1.52. The summed E-state index contributed by atoms with van der Waals surface area (Å²) in [6.07, 6.45) is 3.90. The van der Waals surface area contributed by atoms with Crippen molar-refractivity contribution in [2.24, 2.45) is 0 Å². The smallest absolute Gasteiger partial charge is 0.356 e. The molecule has 1 atom stereocenters. The van der Waals surface area contributed by atoms with Crippen molar-refractivity contribution >= 4 is 28.1 Å². The molecule has 19 heavy (non-hydrogen) atoms. The second kappa shape index (κ2) is 4.82. The summed E-state index contributed by atoms with van der Waals surface area (Å²) in [5, 5.41) is 11.3. The summed E-state index contributed by atoms with van der Waals surface area (Å²) in [7, 11) is 1.69. The second-order valence-corrected chi connectivity index (χ2v) is 5.46. The minimum atomic E-state index is -0.944. The summed E-state index contributed by atoms with van der Waals surface area (Å²) in [5.74, 6) is -0.387. The number of carboxylic acid groups (broad SMARTS) is 1. The van der Waals surface area contributed by atoms with Crippen LogP contribution in [0.3, 0.4) is 0 Å². The predicted molar refractivity (Wildman–Crippen MR) is 72.3 cm³/mol. The third-order valence-corrected chi connectivity index (χ3v) is 4.21. The Kier molecular flexibility index (Phi) is 3.16. The summed E-state index contributed by atoms with van der Waals surface area (Å²) < 4.78 is 7.02. The number of thiazole rings is 1. The van der Waals surface area contributed by atoms with Crippen LogP contribution in [0.25, 0.3) is 4.96 Å². The highest BCUT2D eigenvalue weighted by Gasteiger charge is 2.27. The van der Waals surface area contributed by atoms with Crippen molar-refractivity contribution in [3.8, 4) is 0 Å². The maximum atomic E-state index is 11.5. The molecule has 1 aliphatic rings. The molecule has 3 rings (SSSR count). The number of piperidine rings is 1. The Hall–Kier alpha value is -1.60. The maximum absolute atomic E-state index is 11.5. The zero-order valence-corrected chi connectivity index (χ0v) is 11.4. The van der Waals surface area contributed by atoms with E-state index in [1.54, 1.807) is 17.7 Å². The van der Waals surface area contributed by atoms with Crippen molar-refractivity contribution < 1.29 is 14.6 Å². The molecular formula is C12H15N3O3S. The van der Waals surface area contributed by atoms with Crippen molar-refractivity contribution in [3.63, 3.8) is 0 Å². The SMILES string of the molecule is COC1CCCN(c2nc3sccn3c2C(=O)O)C1. The van der Waals surface area contributed by atoms with Gasteiger partial charge in [0.1, 0.15) is 0 Å². The minimum Gasteiger partial charge on any atom is -0.476 e. The number of carbonyl (C=O) groups is 1. The first kappa shape index (κ1) is 12.4. The molecule has 0 bridgehead atoms. The number of aromatic nitrogens is 2. The highest BCUT2D eigenvalue weighted by atomic mass is 32.1. The van der Waals surface area contributed by atoms with Crippen LogP contribution in [-0.2, 0) is 4.74 Å². The number of methoxy groups -OCH3 is 1. The standard InChI is InChI=1S/C12H15N3O3S/c1-18-8-3-2-4-14(7-8)10-9(11(16)17)15-5-6-19-12(15)13-10/h5-6,8H,2-4,7H2,1H3,(H,16,17). The molecule has 1 saturated heterocycles. The number of carboxylic acids is 1. The van der Waals surface area contributed by atoms with Gasteiger partial charge in [0, 0.05) is 31.8 Å². The van der Waals surface area contributed by atoms with E-state index < -0.39 is 5.97 Å². The van der Waals surface area contributed by atoms with Crippen molar-refractivity contribution in [1.82, 2.24) is 9.38 Å². The van der Waals surface area contributed by atoms with Crippen LogP contribution in [0, 0.1) is 0 Å². The van der Waals surface area contributed by atoms with E-state index in [-0.39, 0.29) is 11.8 Å². The number of ether oxygens (including phenoxy) is 1. The average Bonchev–Trinajstić information content (AvgIpc) is 2.98. The van der Waals surface area contributed by atoms with E-state index in [2.05, 4.69) is 4.98 Å². The largest absolute Gasteiger partial charge is 0.476 e. The first-order valence-corrected chi connectivity index (χ1v) is 7.05. The van der Waals surface area contributed by atoms with Gasteiger partial charge in [-0.2, -0.15) is 0 Å². The number of imidazole rings is 1. The first-order valence-electron chi connectivity index (χ1n) is 6.17. The van der Waals surface area contributed by atoms with Crippen molar-refractivity contribution in [1.29, 1.82) is 0 Å². The Bertz CT molecular complexity index is 606. The van der Waals surface area contributed by atoms with Gasteiger partial charge in [0.05, 0.1) is 6.10 Å². The van der Waals surface area contributed by atoms with E-state index in [1.807, 2.05) is 10.3 Å². The summed E-state index contributed by atoms with van der Waals surface area (Å²) in [4.78, 5) is 18.7. The lowest BCUT2D eigenvalue weighted by Crippen LogP contribution is -2.40. The number of fused-ring (bicyclic) bond motifs is 1. The molecule has 2 aromatic rings. The van der Waals surface area contributed by atoms with E-state index in [0.717, 1.165) is 19.4 Å². The van der Waals surface area contributed by atoms with Crippen LogP contribution in [0.5, 0.6) is 0 Å². The molecule has 1 aliphatic heterocycles. The molecule has 1 unspecified atom stereocenters. The third-order valence-electron chi connectivity index (χ3n) is 3.46. The highest BCUT2D eigenvalue weighted by molar-refractivity contribution is 7.15. The van der Waals surface area contributed by atoms with E-state index in [9.17, 15) is 9.90 Å². The lowest BCUT2D eigenvalue weighted by molar-refractivity contribution is 0.0687. The number of hydrogen-bond donors (Lipinski definition) is 1. The molecule has 1 fully saturated rings. The maximum Gasteiger partial charge on any atom is 0.356 e. The van der Waals surface area contributed by atoms with Gasteiger partial charge in [0.15, 0.2) is 16.5 Å². The molecule has 1 N–H and O–H groups in total. The van der Waals surface area contributed by atoms with Gasteiger partial charge in [-0.1, -0.05) is 0 Å². The van der Waals surface area contributed by atoms with Gasteiger partial charge in [-0.25, -0.2) is 9.78 Å².